The zero-order valence-electron chi connectivity index (χ0n) is 15.0. The first-order valence-corrected chi connectivity index (χ1v) is 12.8. The van der Waals surface area contributed by atoms with E-state index in [9.17, 15) is 25.3 Å². The number of nitrogens with zero attached hydrogens (tertiary/aromatic N) is 2. The third-order valence-corrected chi connectivity index (χ3v) is 10.1. The Balaban J connectivity index is 1.94. The minimum Gasteiger partial charge on any atom is -0.219 e. The van der Waals surface area contributed by atoms with Crippen molar-refractivity contribution in [2.75, 3.05) is 3.71 Å². The van der Waals surface area contributed by atoms with Crippen LogP contribution in [0.3, 0.4) is 0 Å². The monoisotopic (exact) mass is 460 g/mol. The van der Waals surface area contributed by atoms with Gasteiger partial charge in [-0.05, 0) is 59.3 Å². The molecule has 152 valence electrons. The highest BCUT2D eigenvalue weighted by atomic mass is 32.3. The Morgan fingerprint density at radius 2 is 1.30 bits per heavy atom. The van der Waals surface area contributed by atoms with Crippen LogP contribution in [-0.2, 0) is 29.9 Å². The van der Waals surface area contributed by atoms with Gasteiger partial charge in [0, 0.05) is 11.5 Å². The first kappa shape index (κ1) is 20.1. The van der Waals surface area contributed by atoms with Crippen LogP contribution in [0.5, 0.6) is 0 Å². The Morgan fingerprint density at radius 3 is 1.77 bits per heavy atom. The molecule has 30 heavy (non-hydrogen) atoms. The number of sulfonamides is 2. The smallest absolute Gasteiger partial charge is 0.219 e. The van der Waals surface area contributed by atoms with Crippen molar-refractivity contribution in [1.82, 2.24) is 0 Å². The molecule has 0 atom stereocenters. The second kappa shape index (κ2) is 6.66. The Hall–Kier alpha value is -3.20. The van der Waals surface area contributed by atoms with E-state index in [-0.39, 0.29) is 20.4 Å². The van der Waals surface area contributed by atoms with E-state index in [1.807, 2.05) is 0 Å². The Kier molecular flexibility index (Phi) is 4.46. The molecule has 0 fully saturated rings. The third kappa shape index (κ3) is 3.06. The summed E-state index contributed by atoms with van der Waals surface area (Å²) in [5.74, 6) is 0. The lowest BCUT2D eigenvalue weighted by molar-refractivity contribution is 0.584. The lowest BCUT2D eigenvalue weighted by atomic mass is 10.1. The molecule has 8 nitrogen and oxygen atoms in total. The van der Waals surface area contributed by atoms with Gasteiger partial charge in [-0.2, -0.15) is 8.97 Å². The minimum absolute atomic E-state index is 0.209. The van der Waals surface area contributed by atoms with Crippen molar-refractivity contribution >= 4 is 46.3 Å². The van der Waals surface area contributed by atoms with E-state index in [1.165, 1.54) is 36.4 Å². The van der Waals surface area contributed by atoms with Gasteiger partial charge in [0.05, 0.1) is 26.4 Å². The average molecular weight is 461 g/mol. The molecule has 3 aromatic rings. The molecule has 3 aliphatic rings. The molecule has 0 aromatic heterocycles. The van der Waals surface area contributed by atoms with Crippen LogP contribution in [0.25, 0.3) is 10.8 Å². The van der Waals surface area contributed by atoms with Gasteiger partial charge in [0.15, 0.2) is 0 Å². The predicted molar refractivity (Wildman–Crippen MR) is 109 cm³/mol. The SMILES string of the molecule is N#CC=CS(=O)(=O)c1ccc(N2S(=O)(=O)c3ccc4cc(ccc4c3)S2(=O)=O)cc1. The number of hydrogen-bond acceptors (Lipinski definition) is 7. The molecule has 4 bridgehead atoms. The maximum absolute atomic E-state index is 13.2. The summed E-state index contributed by atoms with van der Waals surface area (Å²) in [4.78, 5) is -0.637. The van der Waals surface area contributed by atoms with Gasteiger partial charge >= 0.3 is 0 Å². The highest BCUT2D eigenvalue weighted by Crippen LogP contribution is 2.35. The molecule has 0 unspecified atom stereocenters. The Labute approximate surface area is 173 Å². The average Bonchev–Trinajstić information content (AvgIpc) is 2.76. The number of hydrogen-bond donors (Lipinski definition) is 0. The largest absolute Gasteiger partial charge is 0.277 e. The van der Waals surface area contributed by atoms with Crippen molar-refractivity contribution in [1.29, 1.82) is 5.26 Å². The van der Waals surface area contributed by atoms with Crippen LogP contribution in [0.1, 0.15) is 0 Å². The molecule has 0 aliphatic carbocycles. The summed E-state index contributed by atoms with van der Waals surface area (Å²) in [6, 6.07) is 14.4. The lowest BCUT2D eigenvalue weighted by Crippen LogP contribution is -2.36. The predicted octanol–water partition coefficient (Wildman–Crippen LogP) is 2.55. The van der Waals surface area contributed by atoms with Gasteiger partial charge in [0.25, 0.3) is 20.0 Å². The number of fused-ring (bicyclic) bond motifs is 2. The number of benzene rings is 3. The quantitative estimate of drug-likeness (QED) is 0.549. The summed E-state index contributed by atoms with van der Waals surface area (Å²) in [6.07, 6.45) is 0.792. The van der Waals surface area contributed by atoms with E-state index in [4.69, 9.17) is 5.26 Å². The zero-order chi connectivity index (χ0) is 21.7. The van der Waals surface area contributed by atoms with Crippen LogP contribution < -0.4 is 3.71 Å². The van der Waals surface area contributed by atoms with Gasteiger partial charge in [0.1, 0.15) is 0 Å². The van der Waals surface area contributed by atoms with Crippen molar-refractivity contribution in [3.8, 4) is 6.07 Å². The van der Waals surface area contributed by atoms with E-state index in [0.29, 0.717) is 19.9 Å². The molecule has 0 saturated carbocycles. The molecular weight excluding hydrogens is 448 g/mol. The van der Waals surface area contributed by atoms with Gasteiger partial charge in [-0.3, -0.25) is 0 Å². The second-order valence-corrected chi connectivity index (χ2v) is 12.0. The topological polar surface area (TPSA) is 129 Å². The summed E-state index contributed by atoms with van der Waals surface area (Å²) < 4.78 is 77.6. The number of sulfone groups is 1. The lowest BCUT2D eigenvalue weighted by Gasteiger charge is -2.23. The van der Waals surface area contributed by atoms with Crippen LogP contribution in [0, 0.1) is 11.3 Å². The van der Waals surface area contributed by atoms with E-state index >= 15 is 0 Å². The number of allylic oxidation sites excluding steroid dienone is 1. The highest BCUT2D eigenvalue weighted by molar-refractivity contribution is 8.10. The Bertz CT molecular complexity index is 1510. The fraction of sp³-hybridized carbons (Fsp3) is 0. The summed E-state index contributed by atoms with van der Waals surface area (Å²) in [5.41, 5.74) is -0.245. The van der Waals surface area contributed by atoms with Crippen molar-refractivity contribution in [3.63, 3.8) is 0 Å². The molecule has 3 heterocycles. The van der Waals surface area contributed by atoms with Crippen LogP contribution in [-0.4, -0.2) is 25.3 Å². The van der Waals surface area contributed by atoms with Crippen molar-refractivity contribution in [3.05, 3.63) is 72.1 Å². The number of rotatable bonds is 3. The van der Waals surface area contributed by atoms with Gasteiger partial charge in [-0.25, -0.2) is 25.3 Å². The van der Waals surface area contributed by atoms with Crippen LogP contribution >= 0.6 is 0 Å². The molecule has 3 aliphatic heterocycles. The van der Waals surface area contributed by atoms with Crippen molar-refractivity contribution < 1.29 is 25.3 Å². The second-order valence-electron chi connectivity index (χ2n) is 6.35. The molecule has 0 N–H and O–H groups in total. The summed E-state index contributed by atoms with van der Waals surface area (Å²) in [7, 11) is -13.0. The maximum Gasteiger partial charge on any atom is 0.277 e. The van der Waals surface area contributed by atoms with E-state index in [0.717, 1.165) is 30.3 Å². The molecule has 11 heteroatoms. The Morgan fingerprint density at radius 1 is 0.800 bits per heavy atom. The molecule has 0 spiro atoms. The fourth-order valence-electron chi connectivity index (χ4n) is 3.08. The molecular formula is C19H12N2O6S3. The number of nitriles is 1. The zero-order valence-corrected chi connectivity index (χ0v) is 17.4. The highest BCUT2D eigenvalue weighted by Gasteiger charge is 2.38. The molecule has 3 aromatic carbocycles. The van der Waals surface area contributed by atoms with Crippen molar-refractivity contribution in [2.45, 2.75) is 14.7 Å². The molecule has 0 amide bonds. The van der Waals surface area contributed by atoms with Gasteiger partial charge in [0.2, 0.25) is 9.84 Å². The van der Waals surface area contributed by atoms with Crippen molar-refractivity contribution in [2.24, 2.45) is 0 Å². The van der Waals surface area contributed by atoms with E-state index in [1.54, 1.807) is 6.07 Å². The summed E-state index contributed by atoms with van der Waals surface area (Å²) >= 11 is 0. The van der Waals surface area contributed by atoms with Crippen LogP contribution in [0.2, 0.25) is 0 Å². The third-order valence-electron chi connectivity index (χ3n) is 4.51. The fourth-order valence-corrected chi connectivity index (χ4v) is 7.75. The summed E-state index contributed by atoms with van der Waals surface area (Å²) in [5, 5.41) is 10.4. The first-order chi connectivity index (χ1) is 14.1. The maximum atomic E-state index is 13.2. The van der Waals surface area contributed by atoms with Gasteiger partial charge in [-0.15, -0.1) is 0 Å². The van der Waals surface area contributed by atoms with Crippen LogP contribution in [0.4, 0.5) is 5.69 Å². The number of anilines is 1. The standard InChI is InChI=1S/C19H12N2O6S3/c20-10-1-11-28(22,23)17-8-4-16(5-9-17)21-29(24,25)18-6-2-14-12-19(30(21,26)27)7-3-15(14)13-18/h1-9,11-13H. The van der Waals surface area contributed by atoms with E-state index in [2.05, 4.69) is 0 Å². The van der Waals surface area contributed by atoms with Crippen LogP contribution in [0.15, 0.2) is 86.8 Å². The summed E-state index contributed by atoms with van der Waals surface area (Å²) in [6.45, 7) is 0. The normalized spacial score (nSPS) is 17.1. The first-order valence-electron chi connectivity index (χ1n) is 8.33. The molecule has 0 radical (unpaired) electrons. The minimum atomic E-state index is -4.51. The molecule has 0 saturated heterocycles. The molecule has 6 rings (SSSR count). The van der Waals surface area contributed by atoms with E-state index < -0.39 is 29.9 Å². The van der Waals surface area contributed by atoms with Gasteiger partial charge in [-0.1, -0.05) is 12.1 Å². The van der Waals surface area contributed by atoms with Gasteiger partial charge < -0.3 is 0 Å².